The van der Waals surface area contributed by atoms with Crippen LogP contribution in [0.4, 0.5) is 0 Å². The minimum atomic E-state index is 0.246. The van der Waals surface area contributed by atoms with Gasteiger partial charge in [-0.1, -0.05) is 30.4 Å². The van der Waals surface area contributed by atoms with Crippen molar-refractivity contribution < 1.29 is 9.53 Å². The Hall–Kier alpha value is -1.77. The van der Waals surface area contributed by atoms with Crippen LogP contribution in [0.5, 0.6) is 5.75 Å². The minimum Gasteiger partial charge on any atom is -0.493 e. The maximum atomic E-state index is 12.9. The largest absolute Gasteiger partial charge is 0.493 e. The number of piperidine rings is 1. The minimum absolute atomic E-state index is 0.246. The van der Waals surface area contributed by atoms with Crippen LogP contribution in [-0.2, 0) is 4.79 Å². The van der Waals surface area contributed by atoms with E-state index in [0.717, 1.165) is 38.1 Å². The van der Waals surface area contributed by atoms with Crippen LogP contribution in [0.15, 0.2) is 36.4 Å². The smallest absolute Gasteiger partial charge is 0.226 e. The molecule has 2 bridgehead atoms. The van der Waals surface area contributed by atoms with Crippen LogP contribution >= 0.6 is 0 Å². The highest BCUT2D eigenvalue weighted by atomic mass is 16.5. The standard InChI is InChI=1S/C21H27NO2/c1-15-5-2-3-7-20(15)24-14-17-6-4-10-22(13-17)21(23)19-12-16-8-9-18(19)11-16/h2-3,5,7-9,16-19H,4,6,10-14H2,1H3/t16-,17?,18+,19-/m1/s1. The summed E-state index contributed by atoms with van der Waals surface area (Å²) in [4.78, 5) is 15.0. The number of para-hydroxylation sites is 1. The summed E-state index contributed by atoms with van der Waals surface area (Å²) in [5.74, 6) is 3.24. The van der Waals surface area contributed by atoms with Gasteiger partial charge in [-0.3, -0.25) is 4.79 Å². The quantitative estimate of drug-likeness (QED) is 0.788. The summed E-state index contributed by atoms with van der Waals surface area (Å²) in [6.45, 7) is 4.58. The molecule has 2 aliphatic carbocycles. The van der Waals surface area contributed by atoms with Gasteiger partial charge in [-0.05, 0) is 56.1 Å². The lowest BCUT2D eigenvalue weighted by Gasteiger charge is -2.35. The van der Waals surface area contributed by atoms with Gasteiger partial charge in [0.2, 0.25) is 5.91 Å². The van der Waals surface area contributed by atoms with Crippen LogP contribution in [0.3, 0.4) is 0 Å². The van der Waals surface area contributed by atoms with E-state index < -0.39 is 0 Å². The van der Waals surface area contributed by atoms with E-state index in [0.29, 0.717) is 30.3 Å². The molecule has 3 heteroatoms. The normalized spacial score (nSPS) is 31.5. The number of carbonyl (C=O) groups is 1. The Morgan fingerprint density at radius 3 is 2.88 bits per heavy atom. The van der Waals surface area contributed by atoms with E-state index in [1.54, 1.807) is 0 Å². The first-order valence-electron chi connectivity index (χ1n) is 9.36. The summed E-state index contributed by atoms with van der Waals surface area (Å²) < 4.78 is 6.03. The third-order valence-electron chi connectivity index (χ3n) is 5.99. The molecule has 1 unspecified atom stereocenters. The van der Waals surface area contributed by atoms with Crippen LogP contribution in [0, 0.1) is 30.6 Å². The van der Waals surface area contributed by atoms with Gasteiger partial charge in [0.25, 0.3) is 0 Å². The maximum Gasteiger partial charge on any atom is 0.226 e. The van der Waals surface area contributed by atoms with Crippen LogP contribution in [0.2, 0.25) is 0 Å². The fourth-order valence-corrected chi connectivity index (χ4v) is 4.63. The Kier molecular flexibility index (Phi) is 4.34. The van der Waals surface area contributed by atoms with Crippen molar-refractivity contribution in [2.45, 2.75) is 32.6 Å². The summed E-state index contributed by atoms with van der Waals surface area (Å²) in [7, 11) is 0. The van der Waals surface area contributed by atoms with Crippen molar-refractivity contribution in [2.75, 3.05) is 19.7 Å². The van der Waals surface area contributed by atoms with Gasteiger partial charge in [0.1, 0.15) is 5.75 Å². The number of aryl methyl sites for hydroxylation is 1. The number of hydrogen-bond acceptors (Lipinski definition) is 2. The van der Waals surface area contributed by atoms with E-state index in [-0.39, 0.29) is 5.92 Å². The predicted octanol–water partition coefficient (Wildman–Crippen LogP) is 3.82. The molecule has 0 radical (unpaired) electrons. The molecule has 1 aromatic carbocycles. The summed E-state index contributed by atoms with van der Waals surface area (Å²) >= 11 is 0. The number of hydrogen-bond donors (Lipinski definition) is 0. The first-order chi connectivity index (χ1) is 11.7. The number of ether oxygens (including phenoxy) is 1. The molecule has 1 saturated heterocycles. The Labute approximate surface area is 144 Å². The van der Waals surface area contributed by atoms with E-state index in [4.69, 9.17) is 4.74 Å². The van der Waals surface area contributed by atoms with Gasteiger partial charge in [0, 0.05) is 24.9 Å². The maximum absolute atomic E-state index is 12.9. The molecule has 0 spiro atoms. The van der Waals surface area contributed by atoms with Gasteiger partial charge in [-0.15, -0.1) is 0 Å². The average molecular weight is 325 g/mol. The zero-order valence-electron chi connectivity index (χ0n) is 14.5. The second-order valence-corrected chi connectivity index (χ2v) is 7.76. The first kappa shape index (κ1) is 15.7. The number of nitrogens with zero attached hydrogens (tertiary/aromatic N) is 1. The van der Waals surface area contributed by atoms with Gasteiger partial charge in [0.05, 0.1) is 6.61 Å². The number of fused-ring (bicyclic) bond motifs is 2. The lowest BCUT2D eigenvalue weighted by atomic mass is 9.90. The van der Waals surface area contributed by atoms with Gasteiger partial charge < -0.3 is 9.64 Å². The van der Waals surface area contributed by atoms with Crippen LogP contribution in [0.1, 0.15) is 31.2 Å². The zero-order valence-corrected chi connectivity index (χ0v) is 14.5. The molecule has 1 aromatic rings. The molecule has 128 valence electrons. The molecule has 1 heterocycles. The third kappa shape index (κ3) is 3.09. The van der Waals surface area contributed by atoms with E-state index in [1.807, 2.05) is 18.2 Å². The molecular formula is C21H27NO2. The second kappa shape index (κ2) is 6.62. The molecule has 1 saturated carbocycles. The Balaban J connectivity index is 1.33. The highest BCUT2D eigenvalue weighted by molar-refractivity contribution is 5.80. The van der Waals surface area contributed by atoms with E-state index in [2.05, 4.69) is 30.0 Å². The molecule has 2 fully saturated rings. The molecule has 3 aliphatic rings. The van der Waals surface area contributed by atoms with E-state index in [1.165, 1.54) is 12.0 Å². The molecule has 24 heavy (non-hydrogen) atoms. The molecule has 4 rings (SSSR count). The van der Waals surface area contributed by atoms with E-state index >= 15 is 0 Å². The number of allylic oxidation sites excluding steroid dienone is 2. The average Bonchev–Trinajstić information content (AvgIpc) is 3.24. The van der Waals surface area contributed by atoms with Crippen LogP contribution in [0.25, 0.3) is 0 Å². The van der Waals surface area contributed by atoms with Crippen molar-refractivity contribution in [3.05, 3.63) is 42.0 Å². The molecular weight excluding hydrogens is 298 g/mol. The lowest BCUT2D eigenvalue weighted by Crippen LogP contribution is -2.45. The van der Waals surface area contributed by atoms with Crippen molar-refractivity contribution in [3.63, 3.8) is 0 Å². The Bertz CT molecular complexity index is 638. The highest BCUT2D eigenvalue weighted by Gasteiger charge is 2.42. The number of likely N-dealkylation sites (tertiary alicyclic amines) is 1. The van der Waals surface area contributed by atoms with Crippen LogP contribution < -0.4 is 4.74 Å². The lowest BCUT2D eigenvalue weighted by molar-refractivity contribution is -0.138. The van der Waals surface area contributed by atoms with Crippen molar-refractivity contribution in [2.24, 2.45) is 23.7 Å². The van der Waals surface area contributed by atoms with Gasteiger partial charge in [0.15, 0.2) is 0 Å². The summed E-state index contributed by atoms with van der Waals surface area (Å²) in [5, 5.41) is 0. The SMILES string of the molecule is Cc1ccccc1OCC1CCCN(C(=O)[C@@H]2C[C@@H]3C=C[C@H]2C3)C1. The summed E-state index contributed by atoms with van der Waals surface area (Å²) in [5.41, 5.74) is 1.18. The van der Waals surface area contributed by atoms with Gasteiger partial charge in [-0.25, -0.2) is 0 Å². The van der Waals surface area contributed by atoms with Crippen molar-refractivity contribution >= 4 is 5.91 Å². The molecule has 4 atom stereocenters. The molecule has 0 N–H and O–H groups in total. The second-order valence-electron chi connectivity index (χ2n) is 7.76. The number of carbonyl (C=O) groups excluding carboxylic acids is 1. The Morgan fingerprint density at radius 2 is 2.12 bits per heavy atom. The van der Waals surface area contributed by atoms with Gasteiger partial charge >= 0.3 is 0 Å². The van der Waals surface area contributed by atoms with Crippen LogP contribution in [-0.4, -0.2) is 30.5 Å². The predicted molar refractivity (Wildman–Crippen MR) is 94.8 cm³/mol. The van der Waals surface area contributed by atoms with Crippen molar-refractivity contribution in [3.8, 4) is 5.75 Å². The van der Waals surface area contributed by atoms with Gasteiger partial charge in [-0.2, -0.15) is 0 Å². The van der Waals surface area contributed by atoms with Crippen molar-refractivity contribution in [1.29, 1.82) is 0 Å². The fraction of sp³-hybridized carbons (Fsp3) is 0.571. The molecule has 3 nitrogen and oxygen atoms in total. The Morgan fingerprint density at radius 1 is 1.25 bits per heavy atom. The zero-order chi connectivity index (χ0) is 16.5. The fourth-order valence-electron chi connectivity index (χ4n) is 4.63. The molecule has 0 aromatic heterocycles. The molecule has 1 amide bonds. The monoisotopic (exact) mass is 325 g/mol. The van der Waals surface area contributed by atoms with E-state index in [9.17, 15) is 4.79 Å². The topological polar surface area (TPSA) is 29.5 Å². The third-order valence-corrected chi connectivity index (χ3v) is 5.99. The summed E-state index contributed by atoms with van der Waals surface area (Å²) in [6, 6.07) is 8.16. The molecule has 1 aliphatic heterocycles. The first-order valence-corrected chi connectivity index (χ1v) is 9.36. The number of rotatable bonds is 4. The number of amides is 1. The highest BCUT2D eigenvalue weighted by Crippen LogP contribution is 2.44. The van der Waals surface area contributed by atoms with Crippen molar-refractivity contribution in [1.82, 2.24) is 4.90 Å². The number of benzene rings is 1. The summed E-state index contributed by atoms with van der Waals surface area (Å²) in [6.07, 6.45) is 9.12.